The molecule has 0 amide bonds. The van der Waals surface area contributed by atoms with Crippen molar-refractivity contribution < 1.29 is 13.2 Å². The number of nitrogens with two attached hydrogens (primary N) is 1. The number of hydrogen-bond donors (Lipinski definition) is 2. The summed E-state index contributed by atoms with van der Waals surface area (Å²) in [5, 5.41) is 0. The van der Waals surface area contributed by atoms with Gasteiger partial charge in [-0.1, -0.05) is 6.07 Å². The first-order valence-electron chi connectivity index (χ1n) is 5.69. The molecular formula is C14H13F3N2. The van der Waals surface area contributed by atoms with Gasteiger partial charge in [-0.05, 0) is 47.9 Å². The first-order chi connectivity index (χ1) is 9.01. The SMILES string of the molecule is Cc1ccc(F)cc1C(NN)c1cc(F)cc(F)c1. The van der Waals surface area contributed by atoms with Crippen LogP contribution in [-0.4, -0.2) is 0 Å². The van der Waals surface area contributed by atoms with Crippen LogP contribution in [0.4, 0.5) is 13.2 Å². The molecule has 0 bridgehead atoms. The average molecular weight is 266 g/mol. The maximum Gasteiger partial charge on any atom is 0.126 e. The molecule has 0 aromatic heterocycles. The highest BCUT2D eigenvalue weighted by Gasteiger charge is 2.17. The van der Waals surface area contributed by atoms with Crippen molar-refractivity contribution in [3.05, 3.63) is 70.5 Å². The number of hydrazine groups is 1. The van der Waals surface area contributed by atoms with Crippen molar-refractivity contribution >= 4 is 0 Å². The van der Waals surface area contributed by atoms with Crippen LogP contribution in [0.2, 0.25) is 0 Å². The third-order valence-electron chi connectivity index (χ3n) is 2.94. The van der Waals surface area contributed by atoms with E-state index in [0.29, 0.717) is 11.1 Å². The lowest BCUT2D eigenvalue weighted by Gasteiger charge is -2.19. The van der Waals surface area contributed by atoms with Gasteiger partial charge in [-0.3, -0.25) is 5.84 Å². The Morgan fingerprint density at radius 2 is 1.58 bits per heavy atom. The average Bonchev–Trinajstić information content (AvgIpc) is 2.33. The summed E-state index contributed by atoms with van der Waals surface area (Å²) in [6.07, 6.45) is 0. The molecule has 0 saturated heterocycles. The Hall–Kier alpha value is -1.85. The van der Waals surface area contributed by atoms with Gasteiger partial charge in [-0.2, -0.15) is 0 Å². The summed E-state index contributed by atoms with van der Waals surface area (Å²) in [5.74, 6) is 3.60. The molecule has 0 aliphatic rings. The van der Waals surface area contributed by atoms with E-state index in [4.69, 9.17) is 5.84 Å². The molecule has 19 heavy (non-hydrogen) atoms. The molecule has 2 rings (SSSR count). The molecule has 1 unspecified atom stereocenters. The Labute approximate surface area is 109 Å². The van der Waals surface area contributed by atoms with Crippen LogP contribution in [0.25, 0.3) is 0 Å². The summed E-state index contributed by atoms with van der Waals surface area (Å²) < 4.78 is 39.8. The zero-order valence-electron chi connectivity index (χ0n) is 10.3. The maximum atomic E-state index is 13.3. The fourth-order valence-corrected chi connectivity index (χ4v) is 2.03. The zero-order valence-corrected chi connectivity index (χ0v) is 10.3. The summed E-state index contributed by atoms with van der Waals surface area (Å²) in [5.41, 5.74) is 4.06. The van der Waals surface area contributed by atoms with Crippen LogP contribution in [0.3, 0.4) is 0 Å². The minimum atomic E-state index is -0.704. The van der Waals surface area contributed by atoms with Gasteiger partial charge in [0.1, 0.15) is 17.5 Å². The summed E-state index contributed by atoms with van der Waals surface area (Å²) in [4.78, 5) is 0. The molecule has 0 spiro atoms. The monoisotopic (exact) mass is 266 g/mol. The lowest BCUT2D eigenvalue weighted by Crippen LogP contribution is -2.29. The minimum absolute atomic E-state index is 0.300. The number of nitrogens with one attached hydrogen (secondary N) is 1. The first kappa shape index (κ1) is 13.6. The predicted molar refractivity (Wildman–Crippen MR) is 66.7 cm³/mol. The molecule has 0 aliphatic carbocycles. The van der Waals surface area contributed by atoms with E-state index in [1.54, 1.807) is 13.0 Å². The molecule has 0 aliphatic heterocycles. The van der Waals surface area contributed by atoms with E-state index in [-0.39, 0.29) is 0 Å². The second-order valence-electron chi connectivity index (χ2n) is 4.30. The van der Waals surface area contributed by atoms with Crippen molar-refractivity contribution in [2.75, 3.05) is 0 Å². The number of halogens is 3. The van der Waals surface area contributed by atoms with Crippen molar-refractivity contribution in [2.45, 2.75) is 13.0 Å². The number of rotatable bonds is 3. The largest absolute Gasteiger partial charge is 0.271 e. The van der Waals surface area contributed by atoms with Crippen molar-refractivity contribution in [1.82, 2.24) is 5.43 Å². The van der Waals surface area contributed by atoms with Crippen LogP contribution in [0.1, 0.15) is 22.7 Å². The standard InChI is InChI=1S/C14H13F3N2/c1-8-2-3-10(15)7-13(8)14(19-18)9-4-11(16)6-12(17)5-9/h2-7,14,19H,18H2,1H3. The van der Waals surface area contributed by atoms with E-state index in [1.165, 1.54) is 12.1 Å². The van der Waals surface area contributed by atoms with Gasteiger partial charge < -0.3 is 0 Å². The smallest absolute Gasteiger partial charge is 0.126 e. The van der Waals surface area contributed by atoms with Crippen LogP contribution in [0.5, 0.6) is 0 Å². The first-order valence-corrected chi connectivity index (χ1v) is 5.69. The topological polar surface area (TPSA) is 38.0 Å². The van der Waals surface area contributed by atoms with E-state index >= 15 is 0 Å². The molecule has 1 atom stereocenters. The van der Waals surface area contributed by atoms with E-state index in [2.05, 4.69) is 5.43 Å². The molecule has 2 aromatic rings. The molecule has 0 heterocycles. The normalized spacial score (nSPS) is 12.5. The maximum absolute atomic E-state index is 13.3. The Kier molecular flexibility index (Phi) is 3.87. The van der Waals surface area contributed by atoms with Crippen molar-refractivity contribution in [1.29, 1.82) is 0 Å². The Bertz CT molecular complexity index is 579. The highest BCUT2D eigenvalue weighted by atomic mass is 19.1. The summed E-state index contributed by atoms with van der Waals surface area (Å²) in [6.45, 7) is 1.77. The number of benzene rings is 2. The second kappa shape index (κ2) is 5.42. The Balaban J connectivity index is 2.52. The van der Waals surface area contributed by atoms with Crippen molar-refractivity contribution in [2.24, 2.45) is 5.84 Å². The third kappa shape index (κ3) is 2.94. The quantitative estimate of drug-likeness (QED) is 0.662. The molecule has 2 aromatic carbocycles. The molecule has 5 heteroatoms. The Morgan fingerprint density at radius 3 is 2.16 bits per heavy atom. The van der Waals surface area contributed by atoms with Crippen molar-refractivity contribution in [3.63, 3.8) is 0 Å². The lowest BCUT2D eigenvalue weighted by molar-refractivity contribution is 0.563. The highest BCUT2D eigenvalue weighted by Crippen LogP contribution is 2.26. The Morgan fingerprint density at radius 1 is 0.947 bits per heavy atom. The molecule has 0 radical (unpaired) electrons. The summed E-state index contributed by atoms with van der Waals surface area (Å²) in [6, 6.07) is 6.62. The van der Waals surface area contributed by atoms with Gasteiger partial charge in [0.25, 0.3) is 0 Å². The summed E-state index contributed by atoms with van der Waals surface area (Å²) in [7, 11) is 0. The van der Waals surface area contributed by atoms with Gasteiger partial charge in [-0.15, -0.1) is 0 Å². The van der Waals surface area contributed by atoms with E-state index in [1.807, 2.05) is 0 Å². The van der Waals surface area contributed by atoms with E-state index in [0.717, 1.165) is 23.8 Å². The van der Waals surface area contributed by atoms with Gasteiger partial charge >= 0.3 is 0 Å². The van der Waals surface area contributed by atoms with Crippen LogP contribution >= 0.6 is 0 Å². The van der Waals surface area contributed by atoms with Gasteiger partial charge in [0.2, 0.25) is 0 Å². The van der Waals surface area contributed by atoms with Gasteiger partial charge in [0.15, 0.2) is 0 Å². The molecule has 0 fully saturated rings. The second-order valence-corrected chi connectivity index (χ2v) is 4.30. The fourth-order valence-electron chi connectivity index (χ4n) is 2.03. The van der Waals surface area contributed by atoms with Crippen LogP contribution in [0, 0.1) is 24.4 Å². The van der Waals surface area contributed by atoms with E-state index in [9.17, 15) is 13.2 Å². The van der Waals surface area contributed by atoms with E-state index < -0.39 is 23.5 Å². The minimum Gasteiger partial charge on any atom is -0.271 e. The van der Waals surface area contributed by atoms with Crippen LogP contribution in [-0.2, 0) is 0 Å². The van der Waals surface area contributed by atoms with Crippen LogP contribution in [0.15, 0.2) is 36.4 Å². The molecule has 3 N–H and O–H groups in total. The van der Waals surface area contributed by atoms with Gasteiger partial charge in [-0.25, -0.2) is 18.6 Å². The van der Waals surface area contributed by atoms with Gasteiger partial charge in [0, 0.05) is 6.07 Å². The summed E-state index contributed by atoms with van der Waals surface area (Å²) >= 11 is 0. The highest BCUT2D eigenvalue weighted by molar-refractivity contribution is 5.37. The lowest BCUT2D eigenvalue weighted by atomic mass is 9.95. The molecular weight excluding hydrogens is 253 g/mol. The molecule has 100 valence electrons. The zero-order chi connectivity index (χ0) is 14.0. The third-order valence-corrected chi connectivity index (χ3v) is 2.94. The number of hydrogen-bond acceptors (Lipinski definition) is 2. The van der Waals surface area contributed by atoms with Crippen LogP contribution < -0.4 is 11.3 Å². The molecule has 0 saturated carbocycles. The number of aryl methyl sites for hydroxylation is 1. The van der Waals surface area contributed by atoms with Crippen molar-refractivity contribution in [3.8, 4) is 0 Å². The van der Waals surface area contributed by atoms with Gasteiger partial charge in [0.05, 0.1) is 6.04 Å². The predicted octanol–water partition coefficient (Wildman–Crippen LogP) is 2.97. The fraction of sp³-hybridized carbons (Fsp3) is 0.143. The molecule has 2 nitrogen and oxygen atoms in total.